The smallest absolute Gasteiger partial charge is 0.332 e. The first-order chi connectivity index (χ1) is 14.6. The Hall–Kier alpha value is -3.68. The molecule has 0 spiro atoms. The van der Waals surface area contributed by atoms with Gasteiger partial charge in [0.2, 0.25) is 0 Å². The van der Waals surface area contributed by atoms with E-state index in [1.165, 1.54) is 4.57 Å². The molecule has 154 valence electrons. The van der Waals surface area contributed by atoms with Gasteiger partial charge in [-0.2, -0.15) is 0 Å². The minimum Gasteiger partial charge on any atom is -0.804 e. The Kier molecular flexibility index (Phi) is 5.47. The maximum atomic E-state index is 13.1. The van der Waals surface area contributed by atoms with Gasteiger partial charge in [-0.05, 0) is 30.5 Å². The highest BCUT2D eigenvalue weighted by Crippen LogP contribution is 2.14. The van der Waals surface area contributed by atoms with Crippen LogP contribution in [0.2, 0.25) is 0 Å². The molecule has 0 aliphatic carbocycles. The van der Waals surface area contributed by atoms with E-state index in [9.17, 15) is 14.8 Å². The van der Waals surface area contributed by atoms with Crippen molar-refractivity contribution in [3.63, 3.8) is 0 Å². The van der Waals surface area contributed by atoms with Gasteiger partial charge in [0.15, 0.2) is 5.65 Å². The Balaban J connectivity index is 1.84. The number of nitrogens with zero attached hydrogens (tertiary/aromatic N) is 5. The molecule has 0 unspecified atom stereocenters. The predicted molar refractivity (Wildman–Crippen MR) is 114 cm³/mol. The summed E-state index contributed by atoms with van der Waals surface area (Å²) >= 11 is 0. The van der Waals surface area contributed by atoms with Crippen LogP contribution in [0.5, 0.6) is 0 Å². The van der Waals surface area contributed by atoms with Crippen LogP contribution in [-0.2, 0) is 25.9 Å². The molecule has 0 fully saturated rings. The van der Waals surface area contributed by atoms with Crippen LogP contribution >= 0.6 is 0 Å². The van der Waals surface area contributed by atoms with E-state index < -0.39 is 11.2 Å². The number of pyridine rings is 1. The zero-order valence-corrected chi connectivity index (χ0v) is 16.7. The van der Waals surface area contributed by atoms with Crippen molar-refractivity contribution in [2.75, 3.05) is 0 Å². The van der Waals surface area contributed by atoms with Gasteiger partial charge in [-0.15, -0.1) is 0 Å². The third-order valence-corrected chi connectivity index (χ3v) is 5.03. The lowest BCUT2D eigenvalue weighted by molar-refractivity contribution is 0.559. The van der Waals surface area contributed by atoms with Gasteiger partial charge in [0, 0.05) is 31.4 Å². The molecule has 30 heavy (non-hydrogen) atoms. The van der Waals surface area contributed by atoms with E-state index in [4.69, 9.17) is 0 Å². The summed E-state index contributed by atoms with van der Waals surface area (Å²) in [6.45, 7) is 2.45. The fraction of sp³-hybridized carbons (Fsp3) is 0.273. The highest BCUT2D eigenvalue weighted by Gasteiger charge is 2.19. The lowest BCUT2D eigenvalue weighted by Gasteiger charge is -2.14. The van der Waals surface area contributed by atoms with E-state index in [1.807, 2.05) is 43.3 Å². The molecule has 8 nitrogen and oxygen atoms in total. The molecule has 3 aromatic heterocycles. The minimum absolute atomic E-state index is 0.0953. The Morgan fingerprint density at radius 2 is 1.73 bits per heavy atom. The minimum atomic E-state index is -0.595. The average Bonchev–Trinajstić information content (AvgIpc) is 3.08. The van der Waals surface area contributed by atoms with Crippen LogP contribution in [0, 0.1) is 5.21 Å². The van der Waals surface area contributed by atoms with Crippen LogP contribution in [0.25, 0.3) is 11.2 Å². The summed E-state index contributed by atoms with van der Waals surface area (Å²) in [6.07, 6.45) is 3.00. The molecule has 0 aliphatic heterocycles. The molecular weight excluding hydrogens is 382 g/mol. The van der Waals surface area contributed by atoms with Crippen molar-refractivity contribution in [2.45, 2.75) is 39.3 Å². The van der Waals surface area contributed by atoms with Gasteiger partial charge in [0.1, 0.15) is 11.3 Å². The second-order valence-electron chi connectivity index (χ2n) is 7.12. The topological polar surface area (TPSA) is 97.8 Å². The number of hydrogen-bond donors (Lipinski definition) is 0. The SMILES string of the molecule is CCCn1c(=O)c2c(nc(Cc3ccccn3)n2[O-])n(CCc2ccccc2)c1=O. The quantitative estimate of drug-likeness (QED) is 0.471. The van der Waals surface area contributed by atoms with E-state index in [-0.39, 0.29) is 30.0 Å². The van der Waals surface area contributed by atoms with Crippen molar-refractivity contribution in [1.82, 2.24) is 23.8 Å². The standard InChI is InChI=1S/C22H22N5O3/c1-2-13-26-21(28)19-20(24-18(27(19)30)15-17-10-6-7-12-23-17)25(22(26)29)14-11-16-8-4-3-5-9-16/h3-10,12H,2,11,13-15H2,1H3/q-1. The third kappa shape index (κ3) is 3.63. The summed E-state index contributed by atoms with van der Waals surface area (Å²) in [5, 5.41) is 12.9. The van der Waals surface area contributed by atoms with Crippen molar-refractivity contribution in [3.8, 4) is 0 Å². The summed E-state index contributed by atoms with van der Waals surface area (Å²) in [5.41, 5.74) is 0.727. The monoisotopic (exact) mass is 404 g/mol. The van der Waals surface area contributed by atoms with Crippen molar-refractivity contribution in [1.29, 1.82) is 0 Å². The van der Waals surface area contributed by atoms with Crippen molar-refractivity contribution >= 4 is 11.2 Å². The number of fused-ring (bicyclic) bond motifs is 1. The van der Waals surface area contributed by atoms with Crippen molar-refractivity contribution in [2.24, 2.45) is 0 Å². The molecule has 3 heterocycles. The van der Waals surface area contributed by atoms with E-state index in [0.717, 1.165) is 10.1 Å². The first kappa shape index (κ1) is 19.6. The Morgan fingerprint density at radius 3 is 2.43 bits per heavy atom. The first-order valence-corrected chi connectivity index (χ1v) is 9.96. The molecule has 0 radical (unpaired) electrons. The lowest BCUT2D eigenvalue weighted by Crippen LogP contribution is -2.40. The van der Waals surface area contributed by atoms with Crippen molar-refractivity contribution < 1.29 is 0 Å². The molecule has 0 N–H and O–H groups in total. The van der Waals surface area contributed by atoms with Crippen LogP contribution < -0.4 is 11.2 Å². The molecule has 0 saturated heterocycles. The third-order valence-electron chi connectivity index (χ3n) is 5.03. The Morgan fingerprint density at radius 1 is 0.967 bits per heavy atom. The molecule has 4 aromatic rings. The van der Waals surface area contributed by atoms with Gasteiger partial charge in [0.05, 0.1) is 0 Å². The zero-order valence-electron chi connectivity index (χ0n) is 16.7. The van der Waals surface area contributed by atoms with Crippen LogP contribution in [0.1, 0.15) is 30.4 Å². The maximum absolute atomic E-state index is 13.1. The number of rotatable bonds is 7. The summed E-state index contributed by atoms with van der Waals surface area (Å²) in [6, 6.07) is 15.1. The number of hydrogen-bond acceptors (Lipinski definition) is 5. The molecule has 8 heteroatoms. The highest BCUT2D eigenvalue weighted by molar-refractivity contribution is 5.71. The second-order valence-corrected chi connectivity index (χ2v) is 7.12. The molecule has 0 bridgehead atoms. The first-order valence-electron chi connectivity index (χ1n) is 9.96. The van der Waals surface area contributed by atoms with E-state index in [0.29, 0.717) is 29.8 Å². The molecule has 0 saturated carbocycles. The fourth-order valence-corrected chi connectivity index (χ4v) is 3.55. The summed E-state index contributed by atoms with van der Waals surface area (Å²) < 4.78 is 3.13. The summed E-state index contributed by atoms with van der Waals surface area (Å²) in [7, 11) is 0. The van der Waals surface area contributed by atoms with E-state index >= 15 is 0 Å². The fourth-order valence-electron chi connectivity index (χ4n) is 3.55. The number of benzene rings is 1. The maximum Gasteiger partial charge on any atom is 0.332 e. The normalized spacial score (nSPS) is 11.2. The zero-order chi connectivity index (χ0) is 21.1. The van der Waals surface area contributed by atoms with Crippen molar-refractivity contribution in [3.05, 3.63) is 97.9 Å². The number of imidazole rings is 1. The van der Waals surface area contributed by atoms with Gasteiger partial charge < -0.3 is 9.94 Å². The lowest BCUT2D eigenvalue weighted by atomic mass is 10.1. The predicted octanol–water partition coefficient (Wildman–Crippen LogP) is 2.34. The van der Waals surface area contributed by atoms with Gasteiger partial charge >= 0.3 is 5.69 Å². The Bertz CT molecular complexity index is 1270. The van der Waals surface area contributed by atoms with Crippen LogP contribution in [0.3, 0.4) is 0 Å². The van der Waals surface area contributed by atoms with Crippen LogP contribution in [0.15, 0.2) is 64.3 Å². The van der Waals surface area contributed by atoms with Gasteiger partial charge in [-0.3, -0.25) is 18.9 Å². The average molecular weight is 404 g/mol. The van der Waals surface area contributed by atoms with Gasteiger partial charge in [-0.25, -0.2) is 9.78 Å². The Labute approximate surface area is 172 Å². The largest absolute Gasteiger partial charge is 0.804 e. The van der Waals surface area contributed by atoms with Gasteiger partial charge in [0.25, 0.3) is 5.56 Å². The van der Waals surface area contributed by atoms with E-state index in [1.54, 1.807) is 18.3 Å². The summed E-state index contributed by atoms with van der Waals surface area (Å²) in [5.74, 6) is 0.155. The number of aromatic nitrogens is 5. The molecule has 0 atom stereocenters. The molecule has 1 aromatic carbocycles. The number of aryl methyl sites for hydroxylation is 2. The molecule has 0 amide bonds. The molecular formula is C22H22N5O3-. The second kappa shape index (κ2) is 8.36. The molecule has 4 rings (SSSR count). The van der Waals surface area contributed by atoms with Crippen LogP contribution in [0.4, 0.5) is 0 Å². The highest BCUT2D eigenvalue weighted by atomic mass is 16.5. The summed E-state index contributed by atoms with van der Waals surface area (Å²) in [4.78, 5) is 34.6. The van der Waals surface area contributed by atoms with E-state index in [2.05, 4.69) is 9.97 Å². The van der Waals surface area contributed by atoms with Gasteiger partial charge in [-0.1, -0.05) is 43.3 Å². The van der Waals surface area contributed by atoms with Crippen LogP contribution in [-0.4, -0.2) is 23.8 Å². The molecule has 0 aliphatic rings.